The number of hydrogen-bond donors (Lipinski definition) is 4. The lowest BCUT2D eigenvalue weighted by Crippen LogP contribution is -2.66. The van der Waals surface area contributed by atoms with Crippen LogP contribution in [0.3, 0.4) is 0 Å². The number of halogens is 2. The van der Waals surface area contributed by atoms with Crippen molar-refractivity contribution in [1.29, 1.82) is 0 Å². The number of nitrogens with zero attached hydrogens (tertiary/aromatic N) is 3. The van der Waals surface area contributed by atoms with Gasteiger partial charge in [0, 0.05) is 23.8 Å². The molecule has 242 valence electrons. The number of aryl methyl sites for hydroxylation is 1. The number of aliphatic hydroxyl groups is 3. The fourth-order valence-electron chi connectivity index (χ4n) is 7.49. The Labute approximate surface area is 271 Å². The van der Waals surface area contributed by atoms with Crippen LogP contribution in [0.2, 0.25) is 5.02 Å². The van der Waals surface area contributed by atoms with Gasteiger partial charge in [-0.2, -0.15) is 0 Å². The number of ether oxygens (including phenoxy) is 1. The van der Waals surface area contributed by atoms with Crippen molar-refractivity contribution >= 4 is 40.2 Å². The molecule has 1 aromatic heterocycles. The first-order chi connectivity index (χ1) is 22.2. The highest BCUT2D eigenvalue weighted by Crippen LogP contribution is 2.57. The Morgan fingerprint density at radius 1 is 0.978 bits per heavy atom. The monoisotopic (exact) mass is 648 g/mol. The summed E-state index contributed by atoms with van der Waals surface area (Å²) in [6, 6.07) is 19.6. The molecular formula is C35H38ClFN4O5. The number of benzene rings is 3. The molecule has 3 saturated heterocycles. The Hall–Kier alpha value is -3.54. The molecule has 4 N–H and O–H groups in total. The minimum Gasteiger partial charge on any atom is -0.388 e. The van der Waals surface area contributed by atoms with Gasteiger partial charge in [-0.3, -0.25) is 4.79 Å². The molecule has 4 heterocycles. The van der Waals surface area contributed by atoms with Crippen molar-refractivity contribution in [3.05, 3.63) is 88.7 Å². The Kier molecular flexibility index (Phi) is 8.27. The molecule has 7 rings (SSSR count). The van der Waals surface area contributed by atoms with E-state index in [2.05, 4.69) is 9.88 Å². The summed E-state index contributed by atoms with van der Waals surface area (Å²) in [6.45, 7) is 3.17. The van der Waals surface area contributed by atoms with Gasteiger partial charge in [0.25, 0.3) is 0 Å². The fraction of sp³-hybridized carbons (Fsp3) is 0.429. The van der Waals surface area contributed by atoms with Crippen LogP contribution in [0.5, 0.6) is 0 Å². The molecule has 1 spiro atoms. The van der Waals surface area contributed by atoms with Gasteiger partial charge in [-0.1, -0.05) is 42.8 Å². The number of fused-ring (bicyclic) bond motifs is 1. The lowest BCUT2D eigenvalue weighted by Gasteiger charge is -2.59. The summed E-state index contributed by atoms with van der Waals surface area (Å²) in [7, 11) is 0. The maximum atomic E-state index is 14.0. The Morgan fingerprint density at radius 3 is 2.37 bits per heavy atom. The minimum atomic E-state index is -1.24. The van der Waals surface area contributed by atoms with E-state index in [1.54, 1.807) is 17.0 Å². The number of anilines is 2. The van der Waals surface area contributed by atoms with Crippen LogP contribution in [0, 0.1) is 11.2 Å². The second kappa shape index (κ2) is 12.2. The zero-order chi connectivity index (χ0) is 32.2. The number of piperidine rings is 1. The molecule has 6 unspecified atom stereocenters. The Bertz CT molecular complexity index is 1710. The molecule has 1 amide bonds. The van der Waals surface area contributed by atoms with Crippen molar-refractivity contribution in [2.75, 3.05) is 22.9 Å². The lowest BCUT2D eigenvalue weighted by atomic mass is 9.62. The Morgan fingerprint density at radius 2 is 1.67 bits per heavy atom. The summed E-state index contributed by atoms with van der Waals surface area (Å²) in [5, 5.41) is 31.6. The zero-order valence-electron chi connectivity index (χ0n) is 25.5. The first-order valence-corrected chi connectivity index (χ1v) is 16.3. The standard InChI is InChI=1S/C35H38ClFN4O5/c1-2-27-29(42)31(44)30(43)28(46-27)14-5-20-3-6-21(7-4-20)32-35(33(45)41(32)24-11-9-23(37)10-12-24)15-17-40(18-16-35)34-38-25-13-8-22(36)19-26(25)39-34/h3-4,6-13,19,27-32,42-44H,2,5,14-18H2,1H3,(H,38,39). The van der Waals surface area contributed by atoms with E-state index in [0.717, 1.165) is 28.1 Å². The van der Waals surface area contributed by atoms with Crippen molar-refractivity contribution in [2.24, 2.45) is 5.41 Å². The first-order valence-electron chi connectivity index (χ1n) is 16.0. The van der Waals surface area contributed by atoms with E-state index in [1.165, 1.54) is 12.1 Å². The maximum Gasteiger partial charge on any atom is 0.236 e. The van der Waals surface area contributed by atoms with E-state index in [-0.39, 0.29) is 17.8 Å². The molecule has 0 radical (unpaired) electrons. The third kappa shape index (κ3) is 5.36. The van der Waals surface area contributed by atoms with Gasteiger partial charge in [0.05, 0.1) is 34.7 Å². The SMILES string of the molecule is CCC1OC(CCc2ccc(C3N(c4ccc(F)cc4)C(=O)C34CCN(c3nc5ccc(Cl)cc5[nH]3)CC4)cc2)C(O)C(O)C1O. The maximum absolute atomic E-state index is 14.0. The minimum absolute atomic E-state index is 0.0406. The number of amides is 1. The fourth-order valence-corrected chi connectivity index (χ4v) is 7.67. The largest absolute Gasteiger partial charge is 0.388 e. The number of aromatic nitrogens is 2. The van der Waals surface area contributed by atoms with Crippen LogP contribution in [0.15, 0.2) is 66.7 Å². The van der Waals surface area contributed by atoms with Gasteiger partial charge in [-0.05, 0) is 85.7 Å². The summed E-state index contributed by atoms with van der Waals surface area (Å²) in [5.41, 5.74) is 3.79. The molecule has 3 aliphatic heterocycles. The van der Waals surface area contributed by atoms with Crippen LogP contribution >= 0.6 is 11.6 Å². The number of aliphatic hydroxyl groups excluding tert-OH is 3. The smallest absolute Gasteiger partial charge is 0.236 e. The molecule has 9 nitrogen and oxygen atoms in total. The van der Waals surface area contributed by atoms with E-state index in [1.807, 2.05) is 49.4 Å². The van der Waals surface area contributed by atoms with Gasteiger partial charge in [-0.15, -0.1) is 0 Å². The van der Waals surface area contributed by atoms with Crippen molar-refractivity contribution in [1.82, 2.24) is 9.97 Å². The van der Waals surface area contributed by atoms with Gasteiger partial charge in [0.2, 0.25) is 11.9 Å². The van der Waals surface area contributed by atoms with Crippen molar-refractivity contribution in [2.45, 2.75) is 75.6 Å². The molecule has 0 aliphatic carbocycles. The first kappa shape index (κ1) is 31.1. The van der Waals surface area contributed by atoms with Crippen LogP contribution in [0.1, 0.15) is 49.8 Å². The molecule has 4 aromatic rings. The molecule has 11 heteroatoms. The second-order valence-corrected chi connectivity index (χ2v) is 13.2. The number of H-pyrrole nitrogens is 1. The number of carbonyl (C=O) groups excluding carboxylic acids is 1. The quantitative estimate of drug-likeness (QED) is 0.210. The topological polar surface area (TPSA) is 122 Å². The van der Waals surface area contributed by atoms with Crippen molar-refractivity contribution < 1.29 is 29.2 Å². The molecule has 3 aliphatic rings. The predicted molar refractivity (Wildman–Crippen MR) is 173 cm³/mol. The number of hydrogen-bond acceptors (Lipinski definition) is 7. The summed E-state index contributed by atoms with van der Waals surface area (Å²) in [5.74, 6) is 0.445. The number of imidazole rings is 1. The van der Waals surface area contributed by atoms with Gasteiger partial charge >= 0.3 is 0 Å². The van der Waals surface area contributed by atoms with Gasteiger partial charge in [0.15, 0.2) is 0 Å². The third-order valence-corrected chi connectivity index (χ3v) is 10.4. The third-order valence-electron chi connectivity index (χ3n) is 10.1. The Balaban J connectivity index is 1.10. The highest BCUT2D eigenvalue weighted by Gasteiger charge is 2.62. The van der Waals surface area contributed by atoms with E-state index in [9.17, 15) is 24.5 Å². The highest BCUT2D eigenvalue weighted by molar-refractivity contribution is 6.31. The number of aromatic amines is 1. The molecular weight excluding hydrogens is 611 g/mol. The summed E-state index contributed by atoms with van der Waals surface area (Å²) in [4.78, 5) is 26.1. The number of carbonyl (C=O) groups is 1. The zero-order valence-corrected chi connectivity index (χ0v) is 26.3. The average Bonchev–Trinajstić information content (AvgIpc) is 3.50. The second-order valence-electron chi connectivity index (χ2n) is 12.8. The van der Waals surface area contributed by atoms with Gasteiger partial charge in [-0.25, -0.2) is 9.37 Å². The van der Waals surface area contributed by atoms with Crippen molar-refractivity contribution in [3.8, 4) is 0 Å². The molecule has 46 heavy (non-hydrogen) atoms. The normalized spacial score (nSPS) is 27.7. The predicted octanol–water partition coefficient (Wildman–Crippen LogP) is 4.92. The molecule has 3 fully saturated rings. The van der Waals surface area contributed by atoms with E-state index in [4.69, 9.17) is 21.3 Å². The van der Waals surface area contributed by atoms with Crippen LogP contribution in [-0.4, -0.2) is 74.8 Å². The number of β-lactam (4-membered cyclic amide) rings is 1. The summed E-state index contributed by atoms with van der Waals surface area (Å²) >= 11 is 6.17. The van der Waals surface area contributed by atoms with Crippen LogP contribution in [0.4, 0.5) is 16.0 Å². The van der Waals surface area contributed by atoms with E-state index in [0.29, 0.717) is 55.9 Å². The van der Waals surface area contributed by atoms with Crippen LogP contribution in [-0.2, 0) is 16.0 Å². The summed E-state index contributed by atoms with van der Waals surface area (Å²) < 4.78 is 19.7. The van der Waals surface area contributed by atoms with Crippen LogP contribution in [0.25, 0.3) is 11.0 Å². The lowest BCUT2D eigenvalue weighted by molar-refractivity contribution is -0.223. The summed E-state index contributed by atoms with van der Waals surface area (Å²) in [6.07, 6.45) is -1.72. The molecule has 0 saturated carbocycles. The highest BCUT2D eigenvalue weighted by atomic mass is 35.5. The van der Waals surface area contributed by atoms with Gasteiger partial charge in [0.1, 0.15) is 24.1 Å². The van der Waals surface area contributed by atoms with Crippen LogP contribution < -0.4 is 9.80 Å². The number of rotatable bonds is 7. The molecule has 3 aromatic carbocycles. The molecule has 6 atom stereocenters. The van der Waals surface area contributed by atoms with Gasteiger partial charge < -0.3 is 34.8 Å². The van der Waals surface area contributed by atoms with E-state index >= 15 is 0 Å². The number of nitrogens with one attached hydrogen (secondary N) is 1. The molecule has 0 bridgehead atoms. The average molecular weight is 649 g/mol. The van der Waals surface area contributed by atoms with Crippen molar-refractivity contribution in [3.63, 3.8) is 0 Å². The van der Waals surface area contributed by atoms with E-state index < -0.39 is 35.9 Å².